The first-order valence-corrected chi connectivity index (χ1v) is 13.3. The highest BCUT2D eigenvalue weighted by Gasteiger charge is 2.40. The zero-order chi connectivity index (χ0) is 31.5. The average molecular weight is 640 g/mol. The van der Waals surface area contributed by atoms with Crippen LogP contribution in [-0.4, -0.2) is 0 Å². The summed E-state index contributed by atoms with van der Waals surface area (Å²) in [5, 5.41) is 0. The summed E-state index contributed by atoms with van der Waals surface area (Å²) in [5.41, 5.74) is -7.86. The molecule has 2 radical (unpaired) electrons. The number of hydrogen-bond acceptors (Lipinski definition) is 2. The molecule has 228 valence electrons. The first-order chi connectivity index (χ1) is 19.8. The molecule has 0 unspecified atom stereocenters. The Kier molecular flexibility index (Phi) is 7.75. The van der Waals surface area contributed by atoms with Gasteiger partial charge in [0.2, 0.25) is 0 Å². The molecule has 1 nitrogen and oxygen atoms in total. The number of halogens is 12. The average Bonchev–Trinajstić information content (AvgIpc) is 3.34. The van der Waals surface area contributed by atoms with Crippen molar-refractivity contribution in [3.8, 4) is 22.3 Å². The number of nitrogens with zero attached hydrogens (tertiary/aromatic N) is 1. The number of thioether (sulfide) groups is 1. The summed E-state index contributed by atoms with van der Waals surface area (Å²) in [6, 6.07) is 5.20. The van der Waals surface area contributed by atoms with Crippen molar-refractivity contribution in [2.24, 2.45) is 0 Å². The van der Waals surface area contributed by atoms with E-state index in [2.05, 4.69) is 5.88 Å². The molecule has 0 aromatic heterocycles. The minimum absolute atomic E-state index is 0.0683. The Labute approximate surface area is 241 Å². The third kappa shape index (κ3) is 6.34. The van der Waals surface area contributed by atoms with E-state index in [4.69, 9.17) is 0 Å². The molecule has 3 aromatic rings. The van der Waals surface area contributed by atoms with Crippen molar-refractivity contribution in [1.82, 2.24) is 0 Å². The summed E-state index contributed by atoms with van der Waals surface area (Å²) in [6.07, 6.45) is -18.4. The highest BCUT2D eigenvalue weighted by atomic mass is 32.2. The van der Waals surface area contributed by atoms with Gasteiger partial charge in [-0.1, -0.05) is 30.0 Å². The van der Waals surface area contributed by atoms with E-state index in [1.54, 1.807) is 0 Å². The molecule has 5 rings (SSSR count). The number of allylic oxidation sites excluding steroid dienone is 2. The van der Waals surface area contributed by atoms with Gasteiger partial charge in [-0.3, -0.25) is 0 Å². The molecule has 0 bridgehead atoms. The summed E-state index contributed by atoms with van der Waals surface area (Å²) < 4.78 is 165. The van der Waals surface area contributed by atoms with Crippen LogP contribution in [0.2, 0.25) is 0 Å². The van der Waals surface area contributed by atoms with Crippen LogP contribution in [0.1, 0.15) is 47.9 Å². The van der Waals surface area contributed by atoms with Gasteiger partial charge in [0.15, 0.2) is 5.88 Å². The zero-order valence-electron chi connectivity index (χ0n) is 21.4. The normalized spacial score (nSPS) is 16.6. The van der Waals surface area contributed by atoms with Crippen molar-refractivity contribution in [1.29, 1.82) is 0 Å². The van der Waals surface area contributed by atoms with E-state index in [0.717, 1.165) is 29.2 Å². The first-order valence-electron chi connectivity index (χ1n) is 12.5. The second kappa shape index (κ2) is 10.7. The Hall–Kier alpha value is -3.29. The number of anilines is 1. The number of hydrogen-bond donors (Lipinski definition) is 0. The Morgan fingerprint density at radius 1 is 0.558 bits per heavy atom. The van der Waals surface area contributed by atoms with Crippen molar-refractivity contribution in [3.05, 3.63) is 93.3 Å². The molecule has 2 aliphatic rings. The fraction of sp³-hybridized carbons (Fsp3) is 0.276. The van der Waals surface area contributed by atoms with Gasteiger partial charge in [-0.25, -0.2) is 0 Å². The maximum atomic E-state index is 13.7. The Balaban J connectivity index is 1.84. The van der Waals surface area contributed by atoms with Gasteiger partial charge in [0.1, 0.15) is 0 Å². The number of rotatable bonds is 3. The van der Waals surface area contributed by atoms with Gasteiger partial charge < -0.3 is 4.90 Å². The third-order valence-corrected chi connectivity index (χ3v) is 7.94. The predicted octanol–water partition coefficient (Wildman–Crippen LogP) is 11.4. The highest BCUT2D eigenvalue weighted by Crippen LogP contribution is 2.52. The molecule has 0 fully saturated rings. The summed E-state index contributed by atoms with van der Waals surface area (Å²) in [6.45, 7) is 0. The molecule has 14 heteroatoms. The molecule has 0 spiro atoms. The van der Waals surface area contributed by atoms with Gasteiger partial charge >= 0.3 is 24.7 Å². The third-order valence-electron chi connectivity index (χ3n) is 6.98. The quantitative estimate of drug-likeness (QED) is 0.263. The van der Waals surface area contributed by atoms with E-state index in [1.807, 2.05) is 0 Å². The van der Waals surface area contributed by atoms with Gasteiger partial charge in [-0.15, -0.1) is 0 Å². The molecule has 0 N–H and O–H groups in total. The summed E-state index contributed by atoms with van der Waals surface area (Å²) in [5.74, 6) is 2.90. The van der Waals surface area contributed by atoms with Crippen LogP contribution in [0, 0.1) is 5.88 Å². The second-order valence-electron chi connectivity index (χ2n) is 9.90. The number of para-hydroxylation sites is 1. The minimum atomic E-state index is -5.20. The number of alkyl halides is 12. The maximum absolute atomic E-state index is 13.7. The van der Waals surface area contributed by atoms with Crippen LogP contribution < -0.4 is 4.90 Å². The standard InChI is InChI=1S/C29H17F12NS/c30-26(31,32)17-8-15(9-18(12-17)27(33,34)35)21-4-3-5-22(25(21)42-14-43-24-7-2-1-6-23(24)42)16-10-19(28(36,37)38)13-20(11-16)29(39,40)41/h3-5,8-13H,1-2,6-7H2. The topological polar surface area (TPSA) is 3.24 Å². The van der Waals surface area contributed by atoms with E-state index >= 15 is 0 Å². The summed E-state index contributed by atoms with van der Waals surface area (Å²) in [4.78, 5) is 2.11. The number of benzene rings is 3. The van der Waals surface area contributed by atoms with Crippen LogP contribution in [0.25, 0.3) is 22.3 Å². The van der Waals surface area contributed by atoms with Gasteiger partial charge in [0.05, 0.1) is 27.9 Å². The zero-order valence-corrected chi connectivity index (χ0v) is 22.2. The fourth-order valence-electron chi connectivity index (χ4n) is 5.02. The lowest BCUT2D eigenvalue weighted by molar-refractivity contribution is -0.144. The van der Waals surface area contributed by atoms with Gasteiger partial charge in [0, 0.05) is 21.7 Å². The van der Waals surface area contributed by atoms with Crippen molar-refractivity contribution in [3.63, 3.8) is 0 Å². The molecule has 1 heterocycles. The van der Waals surface area contributed by atoms with E-state index < -0.39 is 58.1 Å². The molecule has 43 heavy (non-hydrogen) atoms. The molecule has 1 aliphatic heterocycles. The van der Waals surface area contributed by atoms with Gasteiger partial charge in [-0.05, 0) is 73.2 Å². The van der Waals surface area contributed by atoms with Crippen LogP contribution in [0.3, 0.4) is 0 Å². The van der Waals surface area contributed by atoms with Crippen LogP contribution in [-0.2, 0) is 24.7 Å². The molecular weight excluding hydrogens is 622 g/mol. The molecule has 0 amide bonds. The Bertz CT molecular complexity index is 1420. The van der Waals surface area contributed by atoms with Crippen molar-refractivity contribution < 1.29 is 52.7 Å². The molecule has 0 saturated carbocycles. The largest absolute Gasteiger partial charge is 0.416 e. The monoisotopic (exact) mass is 639 g/mol. The van der Waals surface area contributed by atoms with Crippen molar-refractivity contribution in [2.45, 2.75) is 50.4 Å². The maximum Gasteiger partial charge on any atom is 0.416 e. The molecular formula is C29H17F12NS. The van der Waals surface area contributed by atoms with Crippen LogP contribution in [0.4, 0.5) is 58.4 Å². The Morgan fingerprint density at radius 2 is 0.953 bits per heavy atom. The SMILES string of the molecule is FC(F)(F)c1cc(-c2cccc(-c3cc(C(F)(F)F)cc(C(F)(F)F)c3)c2N2[C]SC3=C2CCCC3)cc(C(F)(F)F)c1. The molecule has 1 aliphatic carbocycles. The lowest BCUT2D eigenvalue weighted by Gasteiger charge is -2.29. The first kappa shape index (κ1) is 31.1. The van der Waals surface area contributed by atoms with Crippen LogP contribution in [0.5, 0.6) is 0 Å². The Morgan fingerprint density at radius 3 is 1.35 bits per heavy atom. The van der Waals surface area contributed by atoms with E-state index in [-0.39, 0.29) is 28.9 Å². The van der Waals surface area contributed by atoms with E-state index in [1.165, 1.54) is 17.0 Å². The lowest BCUT2D eigenvalue weighted by Crippen LogP contribution is -2.18. The summed E-state index contributed by atoms with van der Waals surface area (Å²) in [7, 11) is 0. The molecule has 3 aromatic carbocycles. The summed E-state index contributed by atoms with van der Waals surface area (Å²) >= 11 is 1.10. The minimum Gasteiger partial charge on any atom is -0.321 e. The lowest BCUT2D eigenvalue weighted by atomic mass is 9.90. The predicted molar refractivity (Wildman–Crippen MR) is 136 cm³/mol. The second-order valence-corrected chi connectivity index (χ2v) is 10.8. The van der Waals surface area contributed by atoms with Crippen molar-refractivity contribution >= 4 is 17.4 Å². The molecule has 0 atom stereocenters. The van der Waals surface area contributed by atoms with Crippen molar-refractivity contribution in [2.75, 3.05) is 4.90 Å². The van der Waals surface area contributed by atoms with Gasteiger partial charge in [-0.2, -0.15) is 52.7 Å². The van der Waals surface area contributed by atoms with Gasteiger partial charge in [0.25, 0.3) is 0 Å². The highest BCUT2D eigenvalue weighted by molar-refractivity contribution is 8.05. The van der Waals surface area contributed by atoms with E-state index in [9.17, 15) is 52.7 Å². The van der Waals surface area contributed by atoms with Crippen LogP contribution >= 0.6 is 11.8 Å². The fourth-order valence-corrected chi connectivity index (χ4v) is 5.98. The smallest absolute Gasteiger partial charge is 0.321 e. The van der Waals surface area contributed by atoms with E-state index in [0.29, 0.717) is 49.2 Å². The molecule has 0 saturated heterocycles. The van der Waals surface area contributed by atoms with Crippen LogP contribution in [0.15, 0.2) is 65.2 Å².